The summed E-state index contributed by atoms with van der Waals surface area (Å²) in [7, 11) is 0. The quantitative estimate of drug-likeness (QED) is 0.692. The number of nitrogens with one attached hydrogen (secondary N) is 1. The van der Waals surface area contributed by atoms with E-state index >= 15 is 0 Å². The molecule has 0 amide bonds. The summed E-state index contributed by atoms with van der Waals surface area (Å²) < 4.78 is 0. The molecule has 1 fully saturated rings. The van der Waals surface area contributed by atoms with E-state index in [4.69, 9.17) is 0 Å². The molecule has 1 unspecified atom stereocenters. The summed E-state index contributed by atoms with van der Waals surface area (Å²) >= 11 is 0. The van der Waals surface area contributed by atoms with E-state index in [1.807, 2.05) is 18.2 Å². The summed E-state index contributed by atoms with van der Waals surface area (Å²) in [5, 5.41) is 14.5. The van der Waals surface area contributed by atoms with Gasteiger partial charge in [0.2, 0.25) is 0 Å². The fourth-order valence-corrected chi connectivity index (χ4v) is 2.98. The number of para-hydroxylation sites is 1. The molecule has 2 aromatic rings. The Kier molecular flexibility index (Phi) is 4.41. The van der Waals surface area contributed by atoms with Gasteiger partial charge in [0.1, 0.15) is 11.5 Å². The summed E-state index contributed by atoms with van der Waals surface area (Å²) in [5.74, 6) is 0.813. The van der Waals surface area contributed by atoms with Crippen LogP contribution in [0.25, 0.3) is 0 Å². The lowest BCUT2D eigenvalue weighted by molar-refractivity contribution is -0.385. The summed E-state index contributed by atoms with van der Waals surface area (Å²) in [6, 6.07) is 13.8. The molecule has 6 nitrogen and oxygen atoms in total. The second-order valence-corrected chi connectivity index (χ2v) is 5.83. The maximum absolute atomic E-state index is 10.9. The number of piperidine rings is 1. The standard InChI is InChI=1S/C17H20N4O2/c1-13-16(21(22)23)9-10-17(18-13)20-11-5-8-15(12-20)19-14-6-3-2-4-7-14/h2-4,6-7,9-10,15,19H,5,8,11-12H2,1H3. The molecule has 1 aromatic heterocycles. The first-order valence-electron chi connectivity index (χ1n) is 7.82. The first kappa shape index (κ1) is 15.3. The molecule has 3 rings (SSSR count). The minimum atomic E-state index is -0.387. The Morgan fingerprint density at radius 1 is 1.26 bits per heavy atom. The van der Waals surface area contributed by atoms with E-state index in [2.05, 4.69) is 27.3 Å². The van der Waals surface area contributed by atoms with Crippen LogP contribution in [0.5, 0.6) is 0 Å². The average molecular weight is 312 g/mol. The van der Waals surface area contributed by atoms with E-state index < -0.39 is 0 Å². The molecule has 0 aliphatic carbocycles. The van der Waals surface area contributed by atoms with Crippen molar-refractivity contribution in [3.63, 3.8) is 0 Å². The molecule has 6 heteroatoms. The van der Waals surface area contributed by atoms with Crippen LogP contribution < -0.4 is 10.2 Å². The molecular formula is C17H20N4O2. The predicted molar refractivity (Wildman–Crippen MR) is 90.9 cm³/mol. The molecule has 1 saturated heterocycles. The Bertz CT molecular complexity index is 690. The molecule has 1 N–H and O–H groups in total. The summed E-state index contributed by atoms with van der Waals surface area (Å²) in [6.07, 6.45) is 2.18. The largest absolute Gasteiger partial charge is 0.381 e. The van der Waals surface area contributed by atoms with Gasteiger partial charge in [-0.05, 0) is 38.0 Å². The molecule has 1 atom stereocenters. The topological polar surface area (TPSA) is 71.3 Å². The first-order valence-corrected chi connectivity index (χ1v) is 7.82. The zero-order valence-electron chi connectivity index (χ0n) is 13.1. The van der Waals surface area contributed by atoms with E-state index in [9.17, 15) is 10.1 Å². The van der Waals surface area contributed by atoms with Gasteiger partial charge in [-0.3, -0.25) is 10.1 Å². The van der Waals surface area contributed by atoms with Crippen molar-refractivity contribution >= 4 is 17.2 Å². The minimum absolute atomic E-state index is 0.0738. The molecule has 120 valence electrons. The smallest absolute Gasteiger partial charge is 0.290 e. The van der Waals surface area contributed by atoms with Crippen LogP contribution in [0.1, 0.15) is 18.5 Å². The Hall–Kier alpha value is -2.63. The van der Waals surface area contributed by atoms with Crippen molar-refractivity contribution in [1.82, 2.24) is 4.98 Å². The van der Waals surface area contributed by atoms with Crippen LogP contribution in [0, 0.1) is 17.0 Å². The van der Waals surface area contributed by atoms with Gasteiger partial charge in [-0.15, -0.1) is 0 Å². The molecule has 0 spiro atoms. The fraction of sp³-hybridized carbons (Fsp3) is 0.353. The van der Waals surface area contributed by atoms with Crippen molar-refractivity contribution in [3.05, 3.63) is 58.3 Å². The Morgan fingerprint density at radius 3 is 2.74 bits per heavy atom. The number of hydrogen-bond acceptors (Lipinski definition) is 5. The Morgan fingerprint density at radius 2 is 2.04 bits per heavy atom. The third-order valence-electron chi connectivity index (χ3n) is 4.13. The Labute approximate surface area is 135 Å². The van der Waals surface area contributed by atoms with Crippen LogP contribution >= 0.6 is 0 Å². The highest BCUT2D eigenvalue weighted by Gasteiger charge is 2.22. The number of nitro groups is 1. The summed E-state index contributed by atoms with van der Waals surface area (Å²) in [5.41, 5.74) is 1.66. The molecule has 1 aromatic carbocycles. The van der Waals surface area contributed by atoms with Crippen molar-refractivity contribution < 1.29 is 4.92 Å². The molecule has 0 saturated carbocycles. The number of pyridine rings is 1. The summed E-state index contributed by atoms with van der Waals surface area (Å²) in [6.45, 7) is 3.46. The highest BCUT2D eigenvalue weighted by molar-refractivity contribution is 5.49. The van der Waals surface area contributed by atoms with E-state index in [-0.39, 0.29) is 10.6 Å². The number of aromatic nitrogens is 1. The lowest BCUT2D eigenvalue weighted by Crippen LogP contribution is -2.42. The zero-order chi connectivity index (χ0) is 16.2. The highest BCUT2D eigenvalue weighted by atomic mass is 16.6. The van der Waals surface area contributed by atoms with Gasteiger partial charge in [0.15, 0.2) is 0 Å². The van der Waals surface area contributed by atoms with Gasteiger partial charge in [-0.1, -0.05) is 18.2 Å². The SMILES string of the molecule is Cc1nc(N2CCCC(Nc3ccccc3)C2)ccc1[N+](=O)[O-]. The number of anilines is 2. The normalized spacial score (nSPS) is 17.8. The fourth-order valence-electron chi connectivity index (χ4n) is 2.98. The van der Waals surface area contributed by atoms with Gasteiger partial charge in [-0.25, -0.2) is 4.98 Å². The van der Waals surface area contributed by atoms with Crippen molar-refractivity contribution in [3.8, 4) is 0 Å². The predicted octanol–water partition coefficient (Wildman–Crippen LogP) is 3.38. The van der Waals surface area contributed by atoms with Crippen molar-refractivity contribution in [2.45, 2.75) is 25.8 Å². The van der Waals surface area contributed by atoms with E-state index in [0.29, 0.717) is 11.7 Å². The highest BCUT2D eigenvalue weighted by Crippen LogP contribution is 2.24. The van der Waals surface area contributed by atoms with Crippen LogP contribution in [0.3, 0.4) is 0 Å². The number of hydrogen-bond donors (Lipinski definition) is 1. The molecule has 0 radical (unpaired) electrons. The van der Waals surface area contributed by atoms with E-state index in [1.54, 1.807) is 19.1 Å². The number of rotatable bonds is 4. The van der Waals surface area contributed by atoms with Gasteiger partial charge in [0, 0.05) is 30.9 Å². The maximum atomic E-state index is 10.9. The molecule has 0 bridgehead atoms. The third-order valence-corrected chi connectivity index (χ3v) is 4.13. The van der Waals surface area contributed by atoms with Crippen molar-refractivity contribution in [2.75, 3.05) is 23.3 Å². The molecule has 23 heavy (non-hydrogen) atoms. The second-order valence-electron chi connectivity index (χ2n) is 5.83. The molecule has 1 aliphatic heterocycles. The van der Waals surface area contributed by atoms with Gasteiger partial charge >= 0.3 is 0 Å². The van der Waals surface area contributed by atoms with E-state index in [0.717, 1.165) is 37.4 Å². The molecule has 1 aliphatic rings. The van der Waals surface area contributed by atoms with Crippen LogP contribution in [0.15, 0.2) is 42.5 Å². The number of nitrogens with zero attached hydrogens (tertiary/aromatic N) is 3. The van der Waals surface area contributed by atoms with Gasteiger partial charge in [-0.2, -0.15) is 0 Å². The van der Waals surface area contributed by atoms with Gasteiger partial charge in [0.05, 0.1) is 4.92 Å². The maximum Gasteiger partial charge on any atom is 0.290 e. The van der Waals surface area contributed by atoms with Crippen LogP contribution in [0.4, 0.5) is 17.2 Å². The molecular weight excluding hydrogens is 292 g/mol. The average Bonchev–Trinajstić information content (AvgIpc) is 2.55. The van der Waals surface area contributed by atoms with Crippen LogP contribution in [-0.4, -0.2) is 29.0 Å². The Balaban J connectivity index is 1.71. The van der Waals surface area contributed by atoms with Crippen LogP contribution in [-0.2, 0) is 0 Å². The minimum Gasteiger partial charge on any atom is -0.381 e. The lowest BCUT2D eigenvalue weighted by Gasteiger charge is -2.34. The first-order chi connectivity index (χ1) is 11.1. The third kappa shape index (κ3) is 3.59. The summed E-state index contributed by atoms with van der Waals surface area (Å²) in [4.78, 5) is 17.1. The second kappa shape index (κ2) is 6.64. The lowest BCUT2D eigenvalue weighted by atomic mass is 10.1. The van der Waals surface area contributed by atoms with Gasteiger partial charge < -0.3 is 10.2 Å². The molecule has 2 heterocycles. The van der Waals surface area contributed by atoms with Crippen LogP contribution in [0.2, 0.25) is 0 Å². The van der Waals surface area contributed by atoms with E-state index in [1.165, 1.54) is 0 Å². The van der Waals surface area contributed by atoms with Gasteiger partial charge in [0.25, 0.3) is 5.69 Å². The number of benzene rings is 1. The zero-order valence-corrected chi connectivity index (χ0v) is 13.1. The number of aryl methyl sites for hydroxylation is 1. The van der Waals surface area contributed by atoms with Crippen molar-refractivity contribution in [1.29, 1.82) is 0 Å². The van der Waals surface area contributed by atoms with Crippen molar-refractivity contribution in [2.24, 2.45) is 0 Å². The monoisotopic (exact) mass is 312 g/mol.